The normalized spacial score (nSPS) is 24.9. The molecular weight excluding hydrogens is 480 g/mol. The van der Waals surface area contributed by atoms with E-state index in [0.717, 1.165) is 48.3 Å². The van der Waals surface area contributed by atoms with E-state index < -0.39 is 47.7 Å². The van der Waals surface area contributed by atoms with Crippen molar-refractivity contribution in [2.75, 3.05) is 0 Å². The van der Waals surface area contributed by atoms with Crippen molar-refractivity contribution >= 4 is 11.8 Å². The maximum absolute atomic E-state index is 13.1. The molecule has 2 fully saturated rings. The number of ether oxygens (including phenoxy) is 1. The number of carbonyl (C=O) groups excluding carboxylic acids is 2. The lowest BCUT2D eigenvalue weighted by Crippen LogP contribution is -2.51. The van der Waals surface area contributed by atoms with Gasteiger partial charge < -0.3 is 25.6 Å². The highest BCUT2D eigenvalue weighted by molar-refractivity contribution is 5.88. The van der Waals surface area contributed by atoms with Crippen LogP contribution in [0, 0.1) is 0 Å². The number of nitrogens with one attached hydrogen (secondary N) is 3. The lowest BCUT2D eigenvalue weighted by molar-refractivity contribution is -0.130. The third-order valence-corrected chi connectivity index (χ3v) is 7.00. The predicted octanol–water partition coefficient (Wildman–Crippen LogP) is 0.112. The first-order chi connectivity index (χ1) is 17.8. The summed E-state index contributed by atoms with van der Waals surface area (Å²) in [6.07, 6.45) is 1.77. The van der Waals surface area contributed by atoms with Crippen molar-refractivity contribution in [2.24, 2.45) is 0 Å². The molecular formula is C26H34N4O7. The van der Waals surface area contributed by atoms with E-state index in [1.54, 1.807) is 0 Å². The largest absolute Gasteiger partial charge is 0.388 e. The van der Waals surface area contributed by atoms with Crippen molar-refractivity contribution in [1.29, 1.82) is 0 Å². The molecule has 0 spiro atoms. The fourth-order valence-electron chi connectivity index (χ4n) is 4.97. The fourth-order valence-corrected chi connectivity index (χ4v) is 4.97. The second-order valence-corrected chi connectivity index (χ2v) is 9.76. The third-order valence-electron chi connectivity index (χ3n) is 7.00. The number of carbonyl (C=O) groups is 2. The van der Waals surface area contributed by atoms with Crippen LogP contribution in [0.2, 0.25) is 0 Å². The molecule has 5 atom stereocenters. The second-order valence-electron chi connectivity index (χ2n) is 9.76. The van der Waals surface area contributed by atoms with Crippen LogP contribution in [-0.2, 0) is 20.7 Å². The SMILES string of the molecule is O=C(CC[C@H]1O[C@@H](n2ccc(=O)[nH]c2=O)[C@H](O)[C@@H]1O)N[C@H](Cc1ccccc1)C(=O)NC1CCCCC1. The second kappa shape index (κ2) is 12.3. The van der Waals surface area contributed by atoms with Gasteiger partial charge >= 0.3 is 5.69 Å². The van der Waals surface area contributed by atoms with E-state index in [1.165, 1.54) is 6.20 Å². The molecule has 2 aromatic rings. The molecule has 1 saturated heterocycles. The zero-order valence-electron chi connectivity index (χ0n) is 20.5. The first-order valence-corrected chi connectivity index (χ1v) is 12.8. The first-order valence-electron chi connectivity index (χ1n) is 12.8. The average Bonchev–Trinajstić information content (AvgIpc) is 3.17. The van der Waals surface area contributed by atoms with E-state index in [4.69, 9.17) is 4.74 Å². The summed E-state index contributed by atoms with van der Waals surface area (Å²) in [4.78, 5) is 51.4. The molecule has 2 amide bonds. The van der Waals surface area contributed by atoms with Crippen LogP contribution < -0.4 is 21.9 Å². The summed E-state index contributed by atoms with van der Waals surface area (Å²) in [6, 6.07) is 9.89. The van der Waals surface area contributed by atoms with Gasteiger partial charge in [-0.2, -0.15) is 0 Å². The fraction of sp³-hybridized carbons (Fsp3) is 0.538. The number of hydrogen-bond acceptors (Lipinski definition) is 7. The highest BCUT2D eigenvalue weighted by Gasteiger charge is 2.44. The first kappa shape index (κ1) is 26.8. The Hall–Kier alpha value is -3.28. The minimum absolute atomic E-state index is 0.0565. The predicted molar refractivity (Wildman–Crippen MR) is 134 cm³/mol. The third kappa shape index (κ3) is 6.94. The van der Waals surface area contributed by atoms with Crippen LogP contribution in [0.5, 0.6) is 0 Å². The van der Waals surface area contributed by atoms with E-state index in [2.05, 4.69) is 15.6 Å². The number of H-pyrrole nitrogens is 1. The zero-order valence-corrected chi connectivity index (χ0v) is 20.5. The van der Waals surface area contributed by atoms with Crippen molar-refractivity contribution in [1.82, 2.24) is 20.2 Å². The Morgan fingerprint density at radius 2 is 1.78 bits per heavy atom. The standard InChI is InChI=1S/C26H34N4O7/c31-20(12-11-19-22(33)23(34)25(37-19)30-14-13-21(32)29-26(30)36)28-18(15-16-7-3-1-4-8-16)24(35)27-17-9-5-2-6-10-17/h1,3-4,7-8,13-14,17-19,22-23,25,33-34H,2,5-6,9-12,15H2,(H,27,35)(H,28,31)(H,29,32,36)/t18-,19-,22-,23-,25-/m1/s1. The van der Waals surface area contributed by atoms with Gasteiger partial charge in [-0.3, -0.25) is 23.9 Å². The van der Waals surface area contributed by atoms with Crippen molar-refractivity contribution in [3.8, 4) is 0 Å². The Labute approximate surface area is 213 Å². The van der Waals surface area contributed by atoms with Crippen LogP contribution in [0.25, 0.3) is 0 Å². The topological polar surface area (TPSA) is 163 Å². The maximum atomic E-state index is 13.1. The van der Waals surface area contributed by atoms with Crippen molar-refractivity contribution in [3.05, 3.63) is 69.0 Å². The Bertz CT molecular complexity index is 1180. The molecule has 5 N–H and O–H groups in total. The molecule has 1 saturated carbocycles. The van der Waals surface area contributed by atoms with Crippen LogP contribution in [0.4, 0.5) is 0 Å². The lowest BCUT2D eigenvalue weighted by atomic mass is 9.95. The number of amides is 2. The molecule has 11 heteroatoms. The Kier molecular flexibility index (Phi) is 8.91. The van der Waals surface area contributed by atoms with Gasteiger partial charge in [0.25, 0.3) is 5.56 Å². The summed E-state index contributed by atoms with van der Waals surface area (Å²) in [5.74, 6) is -0.621. The van der Waals surface area contributed by atoms with Crippen molar-refractivity contribution < 1.29 is 24.5 Å². The number of nitrogens with zero attached hydrogens (tertiary/aromatic N) is 1. The summed E-state index contributed by atoms with van der Waals surface area (Å²) < 4.78 is 6.66. The highest BCUT2D eigenvalue weighted by Crippen LogP contribution is 2.30. The van der Waals surface area contributed by atoms with Crippen LogP contribution in [0.1, 0.15) is 56.7 Å². The van der Waals surface area contributed by atoms with Crippen LogP contribution in [0.15, 0.2) is 52.2 Å². The van der Waals surface area contributed by atoms with E-state index >= 15 is 0 Å². The molecule has 1 aromatic heterocycles. The minimum Gasteiger partial charge on any atom is -0.388 e. The number of aliphatic hydroxyl groups excluding tert-OH is 2. The highest BCUT2D eigenvalue weighted by atomic mass is 16.6. The molecule has 37 heavy (non-hydrogen) atoms. The number of aromatic nitrogens is 2. The smallest absolute Gasteiger partial charge is 0.330 e. The van der Waals surface area contributed by atoms with Crippen LogP contribution >= 0.6 is 0 Å². The molecule has 0 unspecified atom stereocenters. The minimum atomic E-state index is -1.43. The molecule has 4 rings (SSSR count). The van der Waals surface area contributed by atoms with Gasteiger partial charge in [0.2, 0.25) is 11.8 Å². The van der Waals surface area contributed by atoms with Crippen molar-refractivity contribution in [3.63, 3.8) is 0 Å². The summed E-state index contributed by atoms with van der Waals surface area (Å²) in [6.45, 7) is 0. The summed E-state index contributed by atoms with van der Waals surface area (Å²) >= 11 is 0. The number of aliphatic hydroxyl groups is 2. The quantitative estimate of drug-likeness (QED) is 0.317. The van der Waals surface area contributed by atoms with Crippen LogP contribution in [-0.4, -0.2) is 62.0 Å². The number of hydrogen-bond donors (Lipinski definition) is 5. The molecule has 1 aliphatic heterocycles. The van der Waals surface area contributed by atoms with E-state index in [1.807, 2.05) is 30.3 Å². The van der Waals surface area contributed by atoms with Gasteiger partial charge in [-0.25, -0.2) is 4.79 Å². The lowest BCUT2D eigenvalue weighted by Gasteiger charge is -2.26. The molecule has 200 valence electrons. The van der Waals surface area contributed by atoms with E-state index in [0.29, 0.717) is 6.42 Å². The molecule has 2 heterocycles. The van der Waals surface area contributed by atoms with E-state index in [9.17, 15) is 29.4 Å². The van der Waals surface area contributed by atoms with Gasteiger partial charge in [-0.1, -0.05) is 49.6 Å². The zero-order chi connectivity index (χ0) is 26.4. The van der Waals surface area contributed by atoms with Gasteiger partial charge in [0.05, 0.1) is 6.10 Å². The average molecular weight is 515 g/mol. The van der Waals surface area contributed by atoms with Gasteiger partial charge in [-0.15, -0.1) is 0 Å². The molecule has 2 aliphatic rings. The van der Waals surface area contributed by atoms with Crippen LogP contribution in [0.3, 0.4) is 0 Å². The molecule has 0 radical (unpaired) electrons. The maximum Gasteiger partial charge on any atom is 0.330 e. The van der Waals surface area contributed by atoms with Crippen molar-refractivity contribution in [2.45, 2.75) is 88.0 Å². The number of benzene rings is 1. The monoisotopic (exact) mass is 514 g/mol. The number of rotatable bonds is 9. The van der Waals surface area contributed by atoms with E-state index in [-0.39, 0.29) is 24.8 Å². The molecule has 1 aromatic carbocycles. The Morgan fingerprint density at radius 3 is 2.49 bits per heavy atom. The summed E-state index contributed by atoms with van der Waals surface area (Å²) in [5.41, 5.74) is -0.464. The molecule has 1 aliphatic carbocycles. The van der Waals surface area contributed by atoms with Gasteiger partial charge in [-0.05, 0) is 24.8 Å². The molecule has 11 nitrogen and oxygen atoms in total. The summed E-state index contributed by atoms with van der Waals surface area (Å²) in [5, 5.41) is 26.7. The number of aromatic amines is 1. The van der Waals surface area contributed by atoms with Gasteiger partial charge in [0.15, 0.2) is 6.23 Å². The van der Waals surface area contributed by atoms with Gasteiger partial charge in [0, 0.05) is 31.1 Å². The van der Waals surface area contributed by atoms with Gasteiger partial charge in [0.1, 0.15) is 18.2 Å². The Balaban J connectivity index is 1.36. The molecule has 0 bridgehead atoms. The summed E-state index contributed by atoms with van der Waals surface area (Å²) in [7, 11) is 0. The Morgan fingerprint density at radius 1 is 1.05 bits per heavy atom.